The molecule has 26 heavy (non-hydrogen) atoms. The minimum atomic E-state index is -0.0950. The van der Waals surface area contributed by atoms with E-state index in [4.69, 9.17) is 4.52 Å². The van der Waals surface area contributed by atoms with Crippen LogP contribution in [-0.2, 0) is 0 Å². The van der Waals surface area contributed by atoms with Crippen LogP contribution in [0.25, 0.3) is 10.6 Å². The summed E-state index contributed by atoms with van der Waals surface area (Å²) in [5.41, 5.74) is 2.86. The fourth-order valence-electron chi connectivity index (χ4n) is 3.16. The molecule has 1 aliphatic rings. The molecule has 1 amide bonds. The topological polar surface area (TPSA) is 97.9 Å². The lowest BCUT2D eigenvalue weighted by Gasteiger charge is -2.31. The van der Waals surface area contributed by atoms with Gasteiger partial charge in [0.2, 0.25) is 0 Å². The van der Waals surface area contributed by atoms with Gasteiger partial charge in [-0.2, -0.15) is 0 Å². The normalized spacial score (nSPS) is 17.5. The number of piperidine rings is 1. The Labute approximate surface area is 154 Å². The van der Waals surface area contributed by atoms with Gasteiger partial charge in [0.05, 0.1) is 23.3 Å². The van der Waals surface area contributed by atoms with E-state index in [1.807, 2.05) is 24.8 Å². The second-order valence-corrected chi connectivity index (χ2v) is 7.21. The van der Waals surface area contributed by atoms with Gasteiger partial charge in [-0.05, 0) is 38.2 Å². The fourth-order valence-corrected chi connectivity index (χ4v) is 3.85. The van der Waals surface area contributed by atoms with Crippen molar-refractivity contribution in [2.24, 2.45) is 0 Å². The van der Waals surface area contributed by atoms with E-state index in [1.54, 1.807) is 6.20 Å². The van der Waals surface area contributed by atoms with Crippen molar-refractivity contribution in [2.45, 2.75) is 32.6 Å². The maximum absolute atomic E-state index is 12.7. The van der Waals surface area contributed by atoms with Crippen LogP contribution < -0.4 is 0 Å². The third-order valence-corrected chi connectivity index (χ3v) is 5.22. The quantitative estimate of drug-likeness (QED) is 0.699. The summed E-state index contributed by atoms with van der Waals surface area (Å²) in [4.78, 5) is 23.8. The first-order valence-corrected chi connectivity index (χ1v) is 9.23. The number of aryl methyl sites for hydroxylation is 2. The van der Waals surface area contributed by atoms with Gasteiger partial charge in [0.1, 0.15) is 10.6 Å². The molecule has 0 radical (unpaired) electrons. The van der Waals surface area contributed by atoms with Crippen molar-refractivity contribution in [3.63, 3.8) is 0 Å². The Hall–Kier alpha value is -2.68. The number of rotatable bonds is 3. The summed E-state index contributed by atoms with van der Waals surface area (Å²) in [5, 5.41) is 8.26. The number of nitrogens with zero attached hydrogens (tertiary/aromatic N) is 6. The first-order valence-electron chi connectivity index (χ1n) is 8.45. The number of carbonyl (C=O) groups excluding carboxylic acids is 1. The van der Waals surface area contributed by atoms with Gasteiger partial charge in [0.25, 0.3) is 5.91 Å². The van der Waals surface area contributed by atoms with E-state index in [1.165, 1.54) is 17.7 Å². The van der Waals surface area contributed by atoms with E-state index >= 15 is 0 Å². The maximum Gasteiger partial charge on any atom is 0.274 e. The van der Waals surface area contributed by atoms with Crippen LogP contribution in [0.5, 0.6) is 0 Å². The second kappa shape index (κ2) is 6.91. The largest absolute Gasteiger partial charge is 0.355 e. The minimum Gasteiger partial charge on any atom is -0.355 e. The molecule has 8 nitrogen and oxygen atoms in total. The molecule has 0 bridgehead atoms. The molecule has 1 aliphatic heterocycles. The number of hydrogen-bond donors (Lipinski definition) is 0. The molecule has 0 aliphatic carbocycles. The number of carbonyl (C=O) groups is 1. The number of likely N-dealkylation sites (tertiary alicyclic amines) is 1. The van der Waals surface area contributed by atoms with E-state index in [-0.39, 0.29) is 11.8 Å². The maximum atomic E-state index is 12.7. The highest BCUT2D eigenvalue weighted by atomic mass is 32.1. The van der Waals surface area contributed by atoms with Gasteiger partial charge < -0.3 is 9.42 Å². The molecule has 4 heterocycles. The summed E-state index contributed by atoms with van der Waals surface area (Å²) in [6.07, 6.45) is 5.01. The summed E-state index contributed by atoms with van der Waals surface area (Å²) >= 11 is 1.30. The van der Waals surface area contributed by atoms with Gasteiger partial charge in [0.15, 0.2) is 5.76 Å². The highest BCUT2D eigenvalue weighted by Gasteiger charge is 2.30. The molecule has 134 valence electrons. The van der Waals surface area contributed by atoms with Crippen molar-refractivity contribution >= 4 is 17.4 Å². The zero-order valence-electron chi connectivity index (χ0n) is 14.5. The summed E-state index contributed by atoms with van der Waals surface area (Å²) in [6.45, 7) is 5.02. The summed E-state index contributed by atoms with van der Waals surface area (Å²) in [6, 6.07) is 1.88. The smallest absolute Gasteiger partial charge is 0.274 e. The third-order valence-electron chi connectivity index (χ3n) is 4.46. The van der Waals surface area contributed by atoms with Crippen LogP contribution in [-0.4, -0.2) is 48.6 Å². The van der Waals surface area contributed by atoms with Crippen LogP contribution in [0.15, 0.2) is 23.0 Å². The highest BCUT2D eigenvalue weighted by molar-refractivity contribution is 7.09. The standard InChI is InChI=1S/C17H18N6O2S/c1-10-6-14(25-21-10)16-15(20-22-26-16)12-4-3-5-23(9-12)17(24)13-8-18-11(2)7-19-13/h6-8,12H,3-5,9H2,1-2H3/t12-/m0/s1. The van der Waals surface area contributed by atoms with Crippen LogP contribution in [0.4, 0.5) is 0 Å². The Kier molecular flexibility index (Phi) is 4.46. The zero-order valence-corrected chi connectivity index (χ0v) is 15.4. The molecule has 1 saturated heterocycles. The number of amides is 1. The van der Waals surface area contributed by atoms with E-state index in [0.717, 1.165) is 34.8 Å². The lowest BCUT2D eigenvalue weighted by molar-refractivity contribution is 0.0699. The summed E-state index contributed by atoms with van der Waals surface area (Å²) < 4.78 is 9.48. The van der Waals surface area contributed by atoms with Crippen LogP contribution in [0.2, 0.25) is 0 Å². The first kappa shape index (κ1) is 16.8. The second-order valence-electron chi connectivity index (χ2n) is 6.45. The van der Waals surface area contributed by atoms with E-state index < -0.39 is 0 Å². The van der Waals surface area contributed by atoms with Gasteiger partial charge in [-0.25, -0.2) is 4.98 Å². The molecule has 0 saturated carbocycles. The Morgan fingerprint density at radius 3 is 2.88 bits per heavy atom. The monoisotopic (exact) mass is 370 g/mol. The lowest BCUT2D eigenvalue weighted by Crippen LogP contribution is -2.39. The predicted octanol–water partition coefficient (Wildman–Crippen LogP) is 2.62. The zero-order chi connectivity index (χ0) is 18.1. The Bertz CT molecular complexity index is 919. The number of aromatic nitrogens is 5. The van der Waals surface area contributed by atoms with Crippen molar-refractivity contribution in [2.75, 3.05) is 13.1 Å². The molecule has 3 aromatic heterocycles. The van der Waals surface area contributed by atoms with Gasteiger partial charge >= 0.3 is 0 Å². The van der Waals surface area contributed by atoms with Crippen LogP contribution in [0.3, 0.4) is 0 Å². The van der Waals surface area contributed by atoms with Crippen molar-refractivity contribution in [1.82, 2.24) is 29.6 Å². The van der Waals surface area contributed by atoms with E-state index in [0.29, 0.717) is 24.5 Å². The summed E-state index contributed by atoms with van der Waals surface area (Å²) in [7, 11) is 0. The van der Waals surface area contributed by atoms with Crippen LogP contribution in [0.1, 0.15) is 46.3 Å². The van der Waals surface area contributed by atoms with Gasteiger partial charge in [0, 0.05) is 31.3 Å². The van der Waals surface area contributed by atoms with Gasteiger partial charge in [-0.1, -0.05) is 9.64 Å². The molecule has 3 aromatic rings. The van der Waals surface area contributed by atoms with Crippen molar-refractivity contribution in [3.8, 4) is 10.6 Å². The molecule has 1 fully saturated rings. The van der Waals surface area contributed by atoms with Crippen molar-refractivity contribution < 1.29 is 9.32 Å². The molecule has 9 heteroatoms. The fraction of sp³-hybridized carbons (Fsp3) is 0.412. The van der Waals surface area contributed by atoms with E-state index in [2.05, 4.69) is 24.7 Å². The Balaban J connectivity index is 1.55. The molecule has 0 spiro atoms. The first-order chi connectivity index (χ1) is 12.6. The predicted molar refractivity (Wildman–Crippen MR) is 94.8 cm³/mol. The van der Waals surface area contributed by atoms with Crippen molar-refractivity contribution in [1.29, 1.82) is 0 Å². The molecule has 1 atom stereocenters. The third kappa shape index (κ3) is 3.22. The Morgan fingerprint density at radius 2 is 2.15 bits per heavy atom. The van der Waals surface area contributed by atoms with Crippen LogP contribution >= 0.6 is 11.5 Å². The molecular formula is C17H18N6O2S. The SMILES string of the molecule is Cc1cnc(C(=O)N2CCC[C@H](c3nnsc3-c3cc(C)no3)C2)cn1. The van der Waals surface area contributed by atoms with Crippen LogP contribution in [0, 0.1) is 13.8 Å². The highest BCUT2D eigenvalue weighted by Crippen LogP contribution is 2.35. The van der Waals surface area contributed by atoms with Gasteiger partial charge in [-0.15, -0.1) is 5.10 Å². The average molecular weight is 370 g/mol. The number of hydrogen-bond acceptors (Lipinski definition) is 8. The molecule has 4 rings (SSSR count). The molecule has 0 N–H and O–H groups in total. The Morgan fingerprint density at radius 1 is 1.27 bits per heavy atom. The average Bonchev–Trinajstić information content (AvgIpc) is 3.30. The van der Waals surface area contributed by atoms with Crippen molar-refractivity contribution in [3.05, 3.63) is 41.2 Å². The lowest BCUT2D eigenvalue weighted by atomic mass is 9.93. The molecule has 0 aromatic carbocycles. The molecular weight excluding hydrogens is 352 g/mol. The van der Waals surface area contributed by atoms with Gasteiger partial charge in [-0.3, -0.25) is 9.78 Å². The van der Waals surface area contributed by atoms with E-state index in [9.17, 15) is 4.79 Å². The minimum absolute atomic E-state index is 0.0950. The summed E-state index contributed by atoms with van der Waals surface area (Å²) in [5.74, 6) is 0.702. The molecule has 0 unspecified atom stereocenters.